The molecule has 3 rings (SSSR count). The van der Waals surface area contributed by atoms with Crippen LogP contribution >= 0.6 is 0 Å². The number of amides is 4. The lowest BCUT2D eigenvalue weighted by Gasteiger charge is -2.18. The van der Waals surface area contributed by atoms with E-state index in [4.69, 9.17) is 4.74 Å². The number of carbonyl (C=O) groups is 2. The van der Waals surface area contributed by atoms with Crippen molar-refractivity contribution in [3.05, 3.63) is 59.8 Å². The summed E-state index contributed by atoms with van der Waals surface area (Å²) in [5, 5.41) is 8.57. The van der Waals surface area contributed by atoms with Gasteiger partial charge in [-0.05, 0) is 50.1 Å². The van der Waals surface area contributed by atoms with Crippen LogP contribution in [0.15, 0.2) is 48.7 Å². The molecule has 2 aromatic carbocycles. The van der Waals surface area contributed by atoms with Crippen LogP contribution in [-0.4, -0.2) is 36.7 Å². The first kappa shape index (κ1) is 30.1. The summed E-state index contributed by atoms with van der Waals surface area (Å²) in [7, 11) is 1.56. The van der Waals surface area contributed by atoms with Crippen molar-refractivity contribution >= 4 is 34.3 Å². The Labute approximate surface area is 224 Å². The van der Waals surface area contributed by atoms with Crippen LogP contribution in [0.3, 0.4) is 0 Å². The van der Waals surface area contributed by atoms with Crippen molar-refractivity contribution in [2.45, 2.75) is 38.2 Å². The first-order chi connectivity index (χ1) is 18.8. The molecule has 4 amide bonds. The summed E-state index contributed by atoms with van der Waals surface area (Å²) >= 11 is 0. The number of methoxy groups -OCH3 is 1. The summed E-state index contributed by atoms with van der Waals surface area (Å²) in [6.45, 7) is 2.15. The van der Waals surface area contributed by atoms with Crippen LogP contribution in [0, 0.1) is 0 Å². The van der Waals surface area contributed by atoms with Crippen LogP contribution in [0.5, 0.6) is 5.75 Å². The summed E-state index contributed by atoms with van der Waals surface area (Å²) in [5.74, 6) is 0.666. The van der Waals surface area contributed by atoms with E-state index in [1.165, 1.54) is 0 Å². The number of urea groups is 2. The van der Waals surface area contributed by atoms with Crippen molar-refractivity contribution in [1.29, 1.82) is 0 Å². The Morgan fingerprint density at radius 2 is 1.60 bits per heavy atom. The highest BCUT2D eigenvalue weighted by Gasteiger charge is 2.37. The highest BCUT2D eigenvalue weighted by atomic mass is 19.4. The molecule has 0 saturated heterocycles. The van der Waals surface area contributed by atoms with E-state index in [0.717, 1.165) is 16.6 Å². The third-order valence-electron chi connectivity index (χ3n) is 5.55. The van der Waals surface area contributed by atoms with E-state index in [0.29, 0.717) is 30.7 Å². The summed E-state index contributed by atoms with van der Waals surface area (Å²) in [6, 6.07) is 5.95. The van der Waals surface area contributed by atoms with E-state index in [1.807, 2.05) is 47.4 Å². The number of anilines is 2. The fourth-order valence-corrected chi connectivity index (χ4v) is 3.69. The average molecular weight is 573 g/mol. The first-order valence-electron chi connectivity index (χ1n) is 11.9. The third-order valence-corrected chi connectivity index (χ3v) is 5.55. The van der Waals surface area contributed by atoms with Crippen molar-refractivity contribution < 1.29 is 40.7 Å². The fraction of sp³-hybridized carbons (Fsp3) is 0.320. The molecule has 15 heteroatoms. The topological polar surface area (TPSA) is 116 Å². The third kappa shape index (κ3) is 8.54. The number of hydrogen-bond acceptors (Lipinski definition) is 5. The van der Waals surface area contributed by atoms with E-state index >= 15 is 0 Å². The van der Waals surface area contributed by atoms with Gasteiger partial charge in [-0.15, -0.1) is 0 Å². The monoisotopic (exact) mass is 572 g/mol. The molecule has 1 unspecified atom stereocenters. The van der Waals surface area contributed by atoms with Crippen LogP contribution in [0.25, 0.3) is 10.9 Å². The average Bonchev–Trinajstić information content (AvgIpc) is 2.88. The Balaban J connectivity index is 1.44. The second-order valence-electron chi connectivity index (χ2n) is 8.69. The first-order valence-corrected chi connectivity index (χ1v) is 11.9. The number of alkyl halides is 6. The number of halogens is 6. The summed E-state index contributed by atoms with van der Waals surface area (Å²) < 4.78 is 83.1. The number of pyridine rings is 1. The maximum absolute atomic E-state index is 13.0. The standard InChI is InChI=1S/C25H26F6N6O3/c1-14(34-20-13-19(40-2)9-15-6-4-7-32-21(15)20)5-3-8-33-22(38)36-37-23(39)35-18-11-16(24(26,27)28)10-17(12-18)25(29,30)31/h4,6-7,9-14,34H,3,5,8H2,1-2H3,(H2,33,36,38)(H2,35,37,39). The maximum Gasteiger partial charge on any atom is 0.416 e. The Morgan fingerprint density at radius 3 is 2.23 bits per heavy atom. The molecule has 9 nitrogen and oxygen atoms in total. The van der Waals surface area contributed by atoms with Crippen molar-refractivity contribution in [2.75, 3.05) is 24.3 Å². The normalized spacial score (nSPS) is 12.4. The minimum Gasteiger partial charge on any atom is -0.497 e. The van der Waals surface area contributed by atoms with Gasteiger partial charge in [-0.25, -0.2) is 20.4 Å². The highest BCUT2D eigenvalue weighted by Crippen LogP contribution is 2.37. The lowest BCUT2D eigenvalue weighted by atomic mass is 10.1. The molecule has 0 fully saturated rings. The van der Waals surface area contributed by atoms with Crippen LogP contribution in [0.4, 0.5) is 47.3 Å². The van der Waals surface area contributed by atoms with Crippen LogP contribution in [-0.2, 0) is 12.4 Å². The fourth-order valence-electron chi connectivity index (χ4n) is 3.69. The van der Waals surface area contributed by atoms with Gasteiger partial charge in [0.25, 0.3) is 0 Å². The molecule has 0 saturated carbocycles. The van der Waals surface area contributed by atoms with E-state index in [9.17, 15) is 35.9 Å². The number of rotatable bonds is 8. The second-order valence-corrected chi connectivity index (χ2v) is 8.69. The Bertz CT molecular complexity index is 1320. The smallest absolute Gasteiger partial charge is 0.416 e. The zero-order valence-electron chi connectivity index (χ0n) is 21.3. The van der Waals surface area contributed by atoms with E-state index in [2.05, 4.69) is 15.6 Å². The number of hydrogen-bond donors (Lipinski definition) is 5. The van der Waals surface area contributed by atoms with E-state index in [1.54, 1.807) is 13.3 Å². The van der Waals surface area contributed by atoms with Crippen LogP contribution in [0.1, 0.15) is 30.9 Å². The van der Waals surface area contributed by atoms with Gasteiger partial charge < -0.3 is 20.7 Å². The maximum atomic E-state index is 13.0. The zero-order chi connectivity index (χ0) is 29.5. The van der Waals surface area contributed by atoms with Crippen molar-refractivity contribution in [3.63, 3.8) is 0 Å². The predicted octanol–water partition coefficient (Wildman–Crippen LogP) is 5.90. The molecule has 5 N–H and O–H groups in total. The molecule has 1 aromatic heterocycles. The molecular formula is C25H26F6N6O3. The Morgan fingerprint density at radius 1 is 0.950 bits per heavy atom. The van der Waals surface area contributed by atoms with Gasteiger partial charge >= 0.3 is 24.4 Å². The molecule has 1 atom stereocenters. The van der Waals surface area contributed by atoms with Gasteiger partial charge in [0.2, 0.25) is 0 Å². The van der Waals surface area contributed by atoms with Gasteiger partial charge in [0.1, 0.15) is 5.75 Å². The lowest BCUT2D eigenvalue weighted by Crippen LogP contribution is -2.48. The second kappa shape index (κ2) is 12.6. The molecule has 0 bridgehead atoms. The molecule has 3 aromatic rings. The van der Waals surface area contributed by atoms with Gasteiger partial charge in [-0.2, -0.15) is 26.3 Å². The zero-order valence-corrected chi connectivity index (χ0v) is 21.3. The molecular weight excluding hydrogens is 546 g/mol. The Kier molecular flexibility index (Phi) is 9.50. The number of carbonyl (C=O) groups excluding carboxylic acids is 2. The van der Waals surface area contributed by atoms with Crippen molar-refractivity contribution in [2.24, 2.45) is 0 Å². The van der Waals surface area contributed by atoms with Gasteiger partial charge in [0.15, 0.2) is 0 Å². The molecule has 216 valence electrons. The number of aromatic nitrogens is 1. The molecule has 0 aliphatic heterocycles. The van der Waals surface area contributed by atoms with E-state index in [-0.39, 0.29) is 18.7 Å². The van der Waals surface area contributed by atoms with Crippen molar-refractivity contribution in [3.8, 4) is 5.75 Å². The molecule has 0 radical (unpaired) electrons. The van der Waals surface area contributed by atoms with Gasteiger partial charge in [-0.3, -0.25) is 4.98 Å². The Hall–Kier alpha value is -4.43. The minimum absolute atomic E-state index is 0.0138. The largest absolute Gasteiger partial charge is 0.497 e. The molecule has 0 aliphatic rings. The van der Waals surface area contributed by atoms with Gasteiger partial charge in [-0.1, -0.05) is 6.07 Å². The minimum atomic E-state index is -5.07. The number of nitrogens with one attached hydrogen (secondary N) is 5. The van der Waals surface area contributed by atoms with Crippen molar-refractivity contribution in [1.82, 2.24) is 21.2 Å². The highest BCUT2D eigenvalue weighted by molar-refractivity contribution is 5.92. The summed E-state index contributed by atoms with van der Waals surface area (Å²) in [5.41, 5.74) is 1.42. The summed E-state index contributed by atoms with van der Waals surface area (Å²) in [6.07, 6.45) is -7.29. The number of ether oxygens (including phenoxy) is 1. The molecule has 0 aliphatic carbocycles. The predicted molar refractivity (Wildman–Crippen MR) is 136 cm³/mol. The SMILES string of the molecule is COc1cc(NC(C)CCCNC(=O)NNC(=O)Nc2cc(C(F)(F)F)cc(C(F)(F)F)c2)c2ncccc2c1. The quantitative estimate of drug-likeness (QED) is 0.131. The molecule has 1 heterocycles. The van der Waals surface area contributed by atoms with Crippen LogP contribution < -0.4 is 31.5 Å². The van der Waals surface area contributed by atoms with Gasteiger partial charge in [0.05, 0.1) is 29.4 Å². The van der Waals surface area contributed by atoms with E-state index < -0.39 is 41.2 Å². The van der Waals surface area contributed by atoms with Crippen LogP contribution in [0.2, 0.25) is 0 Å². The number of benzene rings is 2. The molecule has 40 heavy (non-hydrogen) atoms. The van der Waals surface area contributed by atoms with Gasteiger partial charge in [0, 0.05) is 35.9 Å². The molecule has 0 spiro atoms. The lowest BCUT2D eigenvalue weighted by molar-refractivity contribution is -0.143. The summed E-state index contributed by atoms with van der Waals surface area (Å²) in [4.78, 5) is 28.2. The number of nitrogens with zero attached hydrogens (tertiary/aromatic N) is 1. The number of hydrazine groups is 1. The number of fused-ring (bicyclic) bond motifs is 1.